The number of hydrogen-bond acceptors (Lipinski definition) is 6. The zero-order valence-electron chi connectivity index (χ0n) is 32.0. The second-order valence-electron chi connectivity index (χ2n) is 14.8. The van der Waals surface area contributed by atoms with Gasteiger partial charge in [0.2, 0.25) is 0 Å². The molecule has 4 aromatic rings. The van der Waals surface area contributed by atoms with Crippen LogP contribution in [0.25, 0.3) is 28.3 Å². The molecule has 0 aliphatic rings. The highest BCUT2D eigenvalue weighted by Crippen LogP contribution is 2.43. The first-order chi connectivity index (χ1) is 25.0. The van der Waals surface area contributed by atoms with Crippen LogP contribution in [-0.2, 0) is 25.3 Å². The van der Waals surface area contributed by atoms with Gasteiger partial charge in [0.05, 0.1) is 32.4 Å². The summed E-state index contributed by atoms with van der Waals surface area (Å²) in [5, 5.41) is 2.80. The molecular formula is C42H50F2N2O6Si. The number of allylic oxidation sites excluding steroid dienone is 1. The molecule has 0 radical (unpaired) electrons. The predicted octanol–water partition coefficient (Wildman–Crippen LogP) is 9.55. The lowest BCUT2D eigenvalue weighted by Crippen LogP contribution is -2.44. The first-order valence-electron chi connectivity index (χ1n) is 17.6. The summed E-state index contributed by atoms with van der Waals surface area (Å²) < 4.78 is 47.2. The zero-order valence-corrected chi connectivity index (χ0v) is 33.0. The molecule has 1 N–H and O–H groups in total. The molecule has 1 aromatic heterocycles. The fraction of sp³-hybridized carbons (Fsp3) is 0.357. The molecule has 0 aliphatic carbocycles. The topological polar surface area (TPSA) is 95.9 Å². The van der Waals surface area contributed by atoms with E-state index < -0.39 is 37.9 Å². The first kappa shape index (κ1) is 40.9. The Hall–Kier alpha value is -4.87. The van der Waals surface area contributed by atoms with E-state index in [1.165, 1.54) is 44.6 Å². The minimum atomic E-state index is -2.37. The van der Waals surface area contributed by atoms with Gasteiger partial charge in [0, 0.05) is 30.1 Å². The third-order valence-electron chi connectivity index (χ3n) is 9.58. The summed E-state index contributed by atoms with van der Waals surface area (Å²) in [5.41, 5.74) is 3.97. The van der Waals surface area contributed by atoms with E-state index in [-0.39, 0.29) is 42.0 Å². The molecule has 0 aliphatic heterocycles. The highest BCUT2D eigenvalue weighted by atomic mass is 28.4. The smallest absolute Gasteiger partial charge is 0.308 e. The van der Waals surface area contributed by atoms with Crippen LogP contribution in [0.4, 0.5) is 8.78 Å². The number of ether oxygens (including phenoxy) is 2. The summed E-state index contributed by atoms with van der Waals surface area (Å²) in [6.07, 6.45) is 2.27. The molecule has 0 bridgehead atoms. The van der Waals surface area contributed by atoms with Crippen LogP contribution in [-0.4, -0.2) is 50.9 Å². The molecule has 3 aromatic carbocycles. The van der Waals surface area contributed by atoms with Gasteiger partial charge in [-0.1, -0.05) is 69.3 Å². The molecular weight excluding hydrogens is 695 g/mol. The number of aromatic nitrogens is 1. The van der Waals surface area contributed by atoms with Crippen molar-refractivity contribution >= 4 is 32.1 Å². The number of nitrogens with one attached hydrogen (secondary N) is 1. The predicted molar refractivity (Wildman–Crippen MR) is 207 cm³/mol. The van der Waals surface area contributed by atoms with E-state index in [0.29, 0.717) is 33.6 Å². The van der Waals surface area contributed by atoms with Crippen molar-refractivity contribution in [1.29, 1.82) is 0 Å². The number of halogens is 2. The number of ketones is 1. The third kappa shape index (κ3) is 9.97. The van der Waals surface area contributed by atoms with Crippen molar-refractivity contribution in [2.24, 2.45) is 0 Å². The highest BCUT2D eigenvalue weighted by Gasteiger charge is 2.40. The number of amides is 1. The van der Waals surface area contributed by atoms with Gasteiger partial charge in [0.1, 0.15) is 11.5 Å². The maximum Gasteiger partial charge on any atom is 0.308 e. The largest absolute Gasteiger partial charge is 0.494 e. The lowest BCUT2D eigenvalue weighted by Gasteiger charge is -2.39. The van der Waals surface area contributed by atoms with Crippen LogP contribution in [0.5, 0.6) is 5.75 Å². The Bertz CT molecular complexity index is 1950. The summed E-state index contributed by atoms with van der Waals surface area (Å²) in [4.78, 5) is 40.5. The summed E-state index contributed by atoms with van der Waals surface area (Å²) in [6.45, 7) is 14.3. The van der Waals surface area contributed by atoms with Gasteiger partial charge >= 0.3 is 5.97 Å². The Labute approximate surface area is 312 Å². The first-order valence-corrected chi connectivity index (χ1v) is 20.5. The number of methoxy groups -OCH3 is 2. The SMILES string of the molecule is COC(=O)C[C@@H](CC(=O)C=Cc1c(-c2ccc(F)cc2)c(-c2ccccc2)c(C(=O)NCc2ccc(OC)c(F)c2)n1C(C)C)O[Si](C)(C)C(C)(C)C. The monoisotopic (exact) mass is 744 g/mol. The Morgan fingerprint density at radius 1 is 0.887 bits per heavy atom. The van der Waals surface area contributed by atoms with Crippen molar-refractivity contribution in [3.63, 3.8) is 0 Å². The van der Waals surface area contributed by atoms with Crippen LogP contribution in [0.3, 0.4) is 0 Å². The molecule has 0 fully saturated rings. The van der Waals surface area contributed by atoms with Crippen molar-refractivity contribution in [3.8, 4) is 28.0 Å². The normalized spacial score (nSPS) is 12.6. The minimum Gasteiger partial charge on any atom is -0.494 e. The molecule has 0 spiro atoms. The van der Waals surface area contributed by atoms with Gasteiger partial charge in [-0.15, -0.1) is 0 Å². The van der Waals surface area contributed by atoms with E-state index in [1.807, 2.05) is 48.7 Å². The van der Waals surface area contributed by atoms with Crippen LogP contribution >= 0.6 is 0 Å². The van der Waals surface area contributed by atoms with E-state index in [4.69, 9.17) is 13.9 Å². The number of rotatable bonds is 15. The average Bonchev–Trinajstić information content (AvgIpc) is 3.45. The second kappa shape index (κ2) is 17.3. The number of carbonyl (C=O) groups excluding carboxylic acids is 3. The summed E-state index contributed by atoms with van der Waals surface area (Å²) in [7, 11) is 0.317. The van der Waals surface area contributed by atoms with E-state index in [0.717, 1.165) is 5.56 Å². The van der Waals surface area contributed by atoms with E-state index in [1.54, 1.807) is 24.3 Å². The molecule has 4 rings (SSSR count). The van der Waals surface area contributed by atoms with Crippen LogP contribution in [0.15, 0.2) is 78.9 Å². The number of carbonyl (C=O) groups is 3. The fourth-order valence-electron chi connectivity index (χ4n) is 5.89. The van der Waals surface area contributed by atoms with Crippen LogP contribution < -0.4 is 10.1 Å². The lowest BCUT2D eigenvalue weighted by molar-refractivity contribution is -0.142. The highest BCUT2D eigenvalue weighted by molar-refractivity contribution is 6.74. The van der Waals surface area contributed by atoms with Gasteiger partial charge < -0.3 is 23.8 Å². The number of benzene rings is 3. The summed E-state index contributed by atoms with van der Waals surface area (Å²) in [6, 6.07) is 19.6. The van der Waals surface area contributed by atoms with Gasteiger partial charge in [0.25, 0.3) is 5.91 Å². The molecule has 0 saturated carbocycles. The summed E-state index contributed by atoms with van der Waals surface area (Å²) >= 11 is 0. The van der Waals surface area contributed by atoms with Crippen molar-refractivity contribution in [3.05, 3.63) is 107 Å². The van der Waals surface area contributed by atoms with Crippen LogP contribution in [0.2, 0.25) is 18.1 Å². The number of hydrogen-bond donors (Lipinski definition) is 1. The van der Waals surface area contributed by atoms with E-state index in [2.05, 4.69) is 39.2 Å². The summed E-state index contributed by atoms with van der Waals surface area (Å²) in [5.74, 6) is -2.06. The van der Waals surface area contributed by atoms with Gasteiger partial charge in [0.15, 0.2) is 25.7 Å². The molecule has 53 heavy (non-hydrogen) atoms. The third-order valence-corrected chi connectivity index (χ3v) is 14.1. The maximum atomic E-state index is 14.5. The van der Waals surface area contributed by atoms with Crippen molar-refractivity contribution in [2.75, 3.05) is 14.2 Å². The Morgan fingerprint density at radius 2 is 1.53 bits per heavy atom. The molecule has 1 atom stereocenters. The Morgan fingerprint density at radius 3 is 2.09 bits per heavy atom. The molecule has 0 saturated heterocycles. The van der Waals surface area contributed by atoms with Crippen molar-refractivity contribution in [1.82, 2.24) is 9.88 Å². The minimum absolute atomic E-state index is 0.0304. The second-order valence-corrected chi connectivity index (χ2v) is 19.5. The Balaban J connectivity index is 1.86. The molecule has 11 heteroatoms. The maximum absolute atomic E-state index is 14.5. The van der Waals surface area contributed by atoms with Gasteiger partial charge in [-0.25, -0.2) is 8.78 Å². The van der Waals surface area contributed by atoms with Crippen molar-refractivity contribution in [2.45, 2.75) is 84.3 Å². The Kier molecular flexibility index (Phi) is 13.3. The van der Waals surface area contributed by atoms with E-state index in [9.17, 15) is 23.2 Å². The molecule has 1 heterocycles. The number of nitrogens with zero attached hydrogens (tertiary/aromatic N) is 1. The molecule has 0 unspecified atom stereocenters. The fourth-order valence-corrected chi connectivity index (χ4v) is 7.25. The molecule has 8 nitrogen and oxygen atoms in total. The lowest BCUT2D eigenvalue weighted by atomic mass is 9.94. The quantitative estimate of drug-likeness (QED) is 0.0740. The number of esters is 1. The van der Waals surface area contributed by atoms with Crippen LogP contribution in [0.1, 0.15) is 75.2 Å². The van der Waals surface area contributed by atoms with Crippen molar-refractivity contribution < 1.29 is 37.1 Å². The zero-order chi connectivity index (χ0) is 39.1. The van der Waals surface area contributed by atoms with E-state index >= 15 is 0 Å². The average molecular weight is 745 g/mol. The molecule has 1 amide bonds. The van der Waals surface area contributed by atoms with Gasteiger partial charge in [-0.2, -0.15) is 0 Å². The van der Waals surface area contributed by atoms with Crippen LogP contribution in [0, 0.1) is 11.6 Å². The standard InChI is InChI=1S/C42H50F2N2O6Si/c1-27(2)46-35(21-20-32(47)24-33(25-37(48)51-7)52-53(8,9)42(3,4)5)38(30-16-18-31(43)19-17-30)39(29-13-11-10-12-14-29)40(46)41(49)45-26-28-15-22-36(50-6)34(44)23-28/h10-23,27,33H,24-26H2,1-9H3,(H,45,49)/t33-/m1/s1. The van der Waals surface area contributed by atoms with Gasteiger partial charge in [-0.05, 0) is 85.1 Å². The molecule has 282 valence electrons. The van der Waals surface area contributed by atoms with Gasteiger partial charge in [-0.3, -0.25) is 14.4 Å².